The molecule has 0 aliphatic heterocycles. The summed E-state index contributed by atoms with van der Waals surface area (Å²) >= 11 is 0. The number of alkyl halides is 3. The lowest BCUT2D eigenvalue weighted by atomic mass is 9.80. The van der Waals surface area contributed by atoms with Crippen LogP contribution in [0.15, 0.2) is 0 Å². The third-order valence-electron chi connectivity index (χ3n) is 1.87. The van der Waals surface area contributed by atoms with Gasteiger partial charge < -0.3 is 5.11 Å². The molecule has 0 aromatic rings. The van der Waals surface area contributed by atoms with Crippen molar-refractivity contribution in [2.45, 2.75) is 31.5 Å². The Morgan fingerprint density at radius 1 is 1.30 bits per heavy atom. The summed E-state index contributed by atoms with van der Waals surface area (Å²) in [6.45, 7) is 0. The van der Waals surface area contributed by atoms with Crippen LogP contribution < -0.4 is 0 Å². The molecular weight excluding hydrogens is 145 g/mol. The van der Waals surface area contributed by atoms with Gasteiger partial charge in [0.1, 0.15) is 0 Å². The number of rotatable bonds is 1. The molecule has 0 radical (unpaired) electrons. The normalized spacial score (nSPS) is 33.6. The van der Waals surface area contributed by atoms with Crippen molar-refractivity contribution in [3.8, 4) is 0 Å². The maximum atomic E-state index is 11.6. The Morgan fingerprint density at radius 3 is 2.00 bits per heavy atom. The molecule has 0 amide bonds. The highest BCUT2D eigenvalue weighted by Crippen LogP contribution is 2.36. The monoisotopic (exact) mass is 154 g/mol. The van der Waals surface area contributed by atoms with Gasteiger partial charge in [-0.2, -0.15) is 13.2 Å². The molecule has 1 rings (SSSR count). The predicted octanol–water partition coefficient (Wildman–Crippen LogP) is 1.71. The van der Waals surface area contributed by atoms with E-state index in [1.54, 1.807) is 0 Å². The Balaban J connectivity index is 2.26. The topological polar surface area (TPSA) is 20.2 Å². The maximum absolute atomic E-state index is 11.6. The second-order valence-corrected chi connectivity index (χ2v) is 2.72. The zero-order valence-electron chi connectivity index (χ0n) is 5.36. The van der Waals surface area contributed by atoms with E-state index in [1.807, 2.05) is 0 Å². The van der Waals surface area contributed by atoms with Gasteiger partial charge in [-0.15, -0.1) is 0 Å². The van der Waals surface area contributed by atoms with E-state index in [9.17, 15) is 13.2 Å². The summed E-state index contributed by atoms with van der Waals surface area (Å²) in [5.74, 6) is -0.528. The molecule has 2 unspecified atom stereocenters. The van der Waals surface area contributed by atoms with Gasteiger partial charge in [0.25, 0.3) is 0 Å². The first-order chi connectivity index (χ1) is 4.49. The lowest BCUT2D eigenvalue weighted by Crippen LogP contribution is -2.34. The first-order valence-electron chi connectivity index (χ1n) is 3.24. The third kappa shape index (κ3) is 1.87. The molecule has 60 valence electrons. The quantitative estimate of drug-likeness (QED) is 0.609. The maximum Gasteiger partial charge on any atom is 0.389 e. The molecule has 2 atom stereocenters. The Morgan fingerprint density at radius 2 is 1.90 bits per heavy atom. The number of hydrogen-bond acceptors (Lipinski definition) is 1. The minimum absolute atomic E-state index is 0.515. The van der Waals surface area contributed by atoms with Gasteiger partial charge in [0.2, 0.25) is 0 Å². The molecule has 0 bridgehead atoms. The van der Waals surface area contributed by atoms with Crippen LogP contribution in [0.1, 0.15) is 19.3 Å². The molecule has 1 aliphatic carbocycles. The smallest absolute Gasteiger partial charge is 0.389 e. The molecule has 0 aromatic heterocycles. The summed E-state index contributed by atoms with van der Waals surface area (Å²) in [6.07, 6.45) is -4.59. The molecule has 4 heteroatoms. The van der Waals surface area contributed by atoms with Crippen LogP contribution in [0.4, 0.5) is 13.2 Å². The Kier molecular flexibility index (Phi) is 1.90. The van der Waals surface area contributed by atoms with E-state index in [2.05, 4.69) is 0 Å². The minimum Gasteiger partial charge on any atom is -0.393 e. The van der Waals surface area contributed by atoms with E-state index in [-0.39, 0.29) is 0 Å². The molecule has 0 saturated heterocycles. The molecule has 1 fully saturated rings. The number of aliphatic hydroxyl groups is 1. The largest absolute Gasteiger partial charge is 0.393 e. The highest BCUT2D eigenvalue weighted by molar-refractivity contribution is 4.81. The van der Waals surface area contributed by atoms with Crippen molar-refractivity contribution in [3.63, 3.8) is 0 Å². The molecule has 10 heavy (non-hydrogen) atoms. The fourth-order valence-electron chi connectivity index (χ4n) is 1.09. The summed E-state index contributed by atoms with van der Waals surface area (Å²) in [6, 6.07) is 0. The molecule has 0 heterocycles. The zero-order chi connectivity index (χ0) is 7.78. The summed E-state index contributed by atoms with van der Waals surface area (Å²) in [4.78, 5) is 0. The fraction of sp³-hybridized carbons (Fsp3) is 1.00. The summed E-state index contributed by atoms with van der Waals surface area (Å²) in [5.41, 5.74) is 0. The molecular formula is C6H9F3O. The second-order valence-electron chi connectivity index (χ2n) is 2.72. The lowest BCUT2D eigenvalue weighted by Gasteiger charge is -2.32. The van der Waals surface area contributed by atoms with Crippen LogP contribution in [-0.2, 0) is 0 Å². The highest BCUT2D eigenvalue weighted by Gasteiger charge is 2.39. The van der Waals surface area contributed by atoms with Crippen LogP contribution in [0.2, 0.25) is 0 Å². The molecule has 1 nitrogen and oxygen atoms in total. The van der Waals surface area contributed by atoms with Crippen LogP contribution in [0.3, 0.4) is 0 Å². The fourth-order valence-corrected chi connectivity index (χ4v) is 1.09. The summed E-state index contributed by atoms with van der Waals surface area (Å²) in [5, 5.41) is 8.77. The molecule has 1 saturated carbocycles. The summed E-state index contributed by atoms with van der Waals surface area (Å²) in [7, 11) is 0. The van der Waals surface area contributed by atoms with Crippen molar-refractivity contribution in [1.29, 1.82) is 0 Å². The van der Waals surface area contributed by atoms with Crippen LogP contribution in [0.25, 0.3) is 0 Å². The highest BCUT2D eigenvalue weighted by atomic mass is 19.4. The van der Waals surface area contributed by atoms with E-state index >= 15 is 0 Å². The van der Waals surface area contributed by atoms with Gasteiger partial charge in [0.15, 0.2) is 0 Å². The van der Waals surface area contributed by atoms with Gasteiger partial charge in [-0.1, -0.05) is 0 Å². The third-order valence-corrected chi connectivity index (χ3v) is 1.87. The Bertz CT molecular complexity index is 121. The number of aliphatic hydroxyl groups excluding tert-OH is 1. The van der Waals surface area contributed by atoms with Gasteiger partial charge in [0.05, 0.1) is 6.10 Å². The van der Waals surface area contributed by atoms with E-state index in [4.69, 9.17) is 5.11 Å². The first kappa shape index (κ1) is 7.85. The van der Waals surface area contributed by atoms with E-state index in [1.165, 1.54) is 0 Å². The van der Waals surface area contributed by atoms with Crippen molar-refractivity contribution >= 4 is 0 Å². The standard InChI is InChI=1S/C6H9F3O/c7-6(8,9)3-4-1-2-5(4)10/h4-5,10H,1-3H2. The van der Waals surface area contributed by atoms with E-state index in [0.717, 1.165) is 0 Å². The van der Waals surface area contributed by atoms with Crippen molar-refractivity contribution in [2.75, 3.05) is 0 Å². The van der Waals surface area contributed by atoms with Crippen molar-refractivity contribution in [1.82, 2.24) is 0 Å². The van der Waals surface area contributed by atoms with Crippen molar-refractivity contribution < 1.29 is 18.3 Å². The van der Waals surface area contributed by atoms with Crippen LogP contribution in [0, 0.1) is 5.92 Å². The van der Waals surface area contributed by atoms with Crippen LogP contribution in [-0.4, -0.2) is 17.4 Å². The van der Waals surface area contributed by atoms with Gasteiger partial charge in [-0.05, 0) is 18.8 Å². The predicted molar refractivity (Wildman–Crippen MR) is 29.4 cm³/mol. The number of halogens is 3. The first-order valence-corrected chi connectivity index (χ1v) is 3.24. The average molecular weight is 154 g/mol. The number of hydrogen-bond donors (Lipinski definition) is 1. The van der Waals surface area contributed by atoms with Crippen LogP contribution in [0.5, 0.6) is 0 Å². The van der Waals surface area contributed by atoms with E-state index in [0.29, 0.717) is 12.8 Å². The SMILES string of the molecule is OC1CCC1CC(F)(F)F. The Labute approximate surface area is 56.8 Å². The van der Waals surface area contributed by atoms with Crippen molar-refractivity contribution in [2.24, 2.45) is 5.92 Å². The van der Waals surface area contributed by atoms with Crippen molar-refractivity contribution in [3.05, 3.63) is 0 Å². The minimum atomic E-state index is -4.11. The molecule has 1 aliphatic rings. The van der Waals surface area contributed by atoms with E-state index < -0.39 is 24.6 Å². The molecule has 0 spiro atoms. The lowest BCUT2D eigenvalue weighted by molar-refractivity contribution is -0.163. The molecule has 1 N–H and O–H groups in total. The van der Waals surface area contributed by atoms with Crippen LogP contribution >= 0.6 is 0 Å². The van der Waals surface area contributed by atoms with Gasteiger partial charge >= 0.3 is 6.18 Å². The second kappa shape index (κ2) is 2.42. The van der Waals surface area contributed by atoms with Gasteiger partial charge in [0, 0.05) is 6.42 Å². The summed E-state index contributed by atoms with van der Waals surface area (Å²) < 4.78 is 34.8. The Hall–Kier alpha value is -0.250. The molecule has 0 aromatic carbocycles. The average Bonchev–Trinajstić information content (AvgIpc) is 1.78. The zero-order valence-corrected chi connectivity index (χ0v) is 5.36. The van der Waals surface area contributed by atoms with Gasteiger partial charge in [-0.3, -0.25) is 0 Å². The van der Waals surface area contributed by atoms with Gasteiger partial charge in [-0.25, -0.2) is 0 Å².